The van der Waals surface area contributed by atoms with Gasteiger partial charge in [-0.1, -0.05) is 13.8 Å². The van der Waals surface area contributed by atoms with Crippen LogP contribution >= 0.6 is 0 Å². The van der Waals surface area contributed by atoms with Crippen LogP contribution in [-0.4, -0.2) is 50.5 Å². The number of hydrogen-bond acceptors (Lipinski definition) is 2. The molecule has 0 aromatic heterocycles. The summed E-state index contributed by atoms with van der Waals surface area (Å²) in [7, 11) is 6.38. The van der Waals surface area contributed by atoms with E-state index >= 15 is 0 Å². The molecule has 120 valence electrons. The van der Waals surface area contributed by atoms with Crippen molar-refractivity contribution in [3.8, 4) is 0 Å². The molecular formula is C14H30ClN3O2. The molecule has 5 nitrogen and oxygen atoms in total. The summed E-state index contributed by atoms with van der Waals surface area (Å²) in [5.74, 6) is -0.665. The summed E-state index contributed by atoms with van der Waals surface area (Å²) in [5.41, 5.74) is 5.29. The molecule has 6 heteroatoms. The summed E-state index contributed by atoms with van der Waals surface area (Å²) in [6.07, 6.45) is 2.18. The lowest BCUT2D eigenvalue weighted by atomic mass is 9.92. The molecule has 0 radical (unpaired) electrons. The van der Waals surface area contributed by atoms with Crippen molar-refractivity contribution in [3.05, 3.63) is 0 Å². The first-order chi connectivity index (χ1) is 8.67. The van der Waals surface area contributed by atoms with Gasteiger partial charge in [-0.2, -0.15) is 0 Å². The van der Waals surface area contributed by atoms with Crippen molar-refractivity contribution in [2.45, 2.75) is 33.1 Å². The van der Waals surface area contributed by atoms with Gasteiger partial charge in [0.15, 0.2) is 0 Å². The number of hydrogen-bond donors (Lipinski definition) is 2. The molecule has 2 atom stereocenters. The van der Waals surface area contributed by atoms with Gasteiger partial charge < -0.3 is 27.9 Å². The lowest BCUT2D eigenvalue weighted by Crippen LogP contribution is -3.00. The fourth-order valence-corrected chi connectivity index (χ4v) is 1.96. The minimum absolute atomic E-state index is 0. The van der Waals surface area contributed by atoms with E-state index in [0.717, 1.165) is 17.4 Å². The Morgan fingerprint density at radius 3 is 2.20 bits per heavy atom. The van der Waals surface area contributed by atoms with Gasteiger partial charge in [0.25, 0.3) is 0 Å². The van der Waals surface area contributed by atoms with Crippen LogP contribution in [0, 0.1) is 11.8 Å². The van der Waals surface area contributed by atoms with Crippen molar-refractivity contribution in [2.75, 3.05) is 34.2 Å². The van der Waals surface area contributed by atoms with E-state index < -0.39 is 0 Å². The maximum atomic E-state index is 11.9. The average molecular weight is 308 g/mol. The molecule has 0 aromatic rings. The van der Waals surface area contributed by atoms with Crippen LogP contribution in [0.25, 0.3) is 0 Å². The van der Waals surface area contributed by atoms with Crippen LogP contribution in [0.15, 0.2) is 0 Å². The zero-order valence-corrected chi connectivity index (χ0v) is 14.2. The lowest BCUT2D eigenvalue weighted by Gasteiger charge is -2.24. The highest BCUT2D eigenvalue weighted by atomic mass is 35.5. The van der Waals surface area contributed by atoms with E-state index in [-0.39, 0.29) is 36.1 Å². The van der Waals surface area contributed by atoms with Gasteiger partial charge in [-0.25, -0.2) is 0 Å². The number of carbonyl (C=O) groups is 2. The fourth-order valence-electron chi connectivity index (χ4n) is 1.96. The van der Waals surface area contributed by atoms with Gasteiger partial charge in [0, 0.05) is 24.8 Å². The topological polar surface area (TPSA) is 72.2 Å². The van der Waals surface area contributed by atoms with Crippen molar-refractivity contribution in [1.29, 1.82) is 0 Å². The Morgan fingerprint density at radius 2 is 1.80 bits per heavy atom. The minimum atomic E-state index is -0.313. The summed E-state index contributed by atoms with van der Waals surface area (Å²) in [4.78, 5) is 23.0. The van der Waals surface area contributed by atoms with Gasteiger partial charge in [-0.3, -0.25) is 9.59 Å². The van der Waals surface area contributed by atoms with E-state index in [0.29, 0.717) is 19.4 Å². The van der Waals surface area contributed by atoms with Crippen LogP contribution in [0.4, 0.5) is 0 Å². The van der Waals surface area contributed by atoms with Gasteiger partial charge in [0.05, 0.1) is 27.7 Å². The average Bonchev–Trinajstić information content (AvgIpc) is 2.29. The van der Waals surface area contributed by atoms with E-state index in [4.69, 9.17) is 5.73 Å². The third-order valence-corrected chi connectivity index (χ3v) is 3.29. The molecule has 0 saturated heterocycles. The Balaban J connectivity index is 0. The first-order valence-electron chi connectivity index (χ1n) is 7.04. The summed E-state index contributed by atoms with van der Waals surface area (Å²) >= 11 is 0. The van der Waals surface area contributed by atoms with Crippen LogP contribution < -0.4 is 23.5 Å². The van der Waals surface area contributed by atoms with E-state index in [2.05, 4.69) is 26.5 Å². The summed E-state index contributed by atoms with van der Waals surface area (Å²) < 4.78 is 0.894. The maximum absolute atomic E-state index is 11.9. The molecule has 0 aliphatic rings. The van der Waals surface area contributed by atoms with Gasteiger partial charge in [-0.05, 0) is 12.8 Å². The molecule has 0 rings (SSSR count). The Kier molecular flexibility index (Phi) is 10.7. The quantitative estimate of drug-likeness (QED) is 0.373. The van der Waals surface area contributed by atoms with Crippen molar-refractivity contribution < 1.29 is 26.5 Å². The Labute approximate surface area is 129 Å². The zero-order valence-electron chi connectivity index (χ0n) is 13.4. The number of rotatable bonds is 9. The molecule has 2 unspecified atom stereocenters. The van der Waals surface area contributed by atoms with Crippen LogP contribution in [0.2, 0.25) is 0 Å². The van der Waals surface area contributed by atoms with E-state index in [1.54, 1.807) is 0 Å². The molecule has 3 N–H and O–H groups in total. The first-order valence-corrected chi connectivity index (χ1v) is 7.04. The van der Waals surface area contributed by atoms with Crippen LogP contribution in [0.5, 0.6) is 0 Å². The molecule has 0 heterocycles. The molecule has 0 fully saturated rings. The Hall–Kier alpha value is -0.810. The van der Waals surface area contributed by atoms with Gasteiger partial charge in [0.1, 0.15) is 0 Å². The van der Waals surface area contributed by atoms with E-state index in [9.17, 15) is 9.59 Å². The van der Waals surface area contributed by atoms with Crippen molar-refractivity contribution in [3.63, 3.8) is 0 Å². The molecule has 0 aromatic carbocycles. The number of nitrogens with one attached hydrogen (secondary N) is 1. The fraction of sp³-hybridized carbons (Fsp3) is 0.857. The maximum Gasteiger partial charge on any atom is 0.222 e. The van der Waals surface area contributed by atoms with Gasteiger partial charge in [-0.15, -0.1) is 0 Å². The largest absolute Gasteiger partial charge is 1.00 e. The van der Waals surface area contributed by atoms with Gasteiger partial charge in [0.2, 0.25) is 11.8 Å². The molecule has 2 amide bonds. The molecule has 0 aliphatic carbocycles. The predicted octanol–water partition coefficient (Wildman–Crippen LogP) is -2.26. The summed E-state index contributed by atoms with van der Waals surface area (Å²) in [5, 5.41) is 2.92. The monoisotopic (exact) mass is 307 g/mol. The third kappa shape index (κ3) is 10.0. The van der Waals surface area contributed by atoms with E-state index in [1.165, 1.54) is 0 Å². The number of nitrogens with zero attached hydrogens (tertiary/aromatic N) is 1. The predicted molar refractivity (Wildman–Crippen MR) is 77.3 cm³/mol. The summed E-state index contributed by atoms with van der Waals surface area (Å²) in [6.45, 7) is 5.47. The smallest absolute Gasteiger partial charge is 0.222 e. The Bertz CT molecular complexity index is 303. The molecule has 20 heavy (non-hydrogen) atoms. The molecular weight excluding hydrogens is 278 g/mol. The van der Waals surface area contributed by atoms with Crippen LogP contribution in [-0.2, 0) is 9.59 Å². The number of nitrogens with two attached hydrogens (primary N) is 1. The number of quaternary nitrogens is 1. The van der Waals surface area contributed by atoms with Crippen molar-refractivity contribution in [1.82, 2.24) is 5.32 Å². The van der Waals surface area contributed by atoms with Crippen molar-refractivity contribution >= 4 is 11.8 Å². The zero-order chi connectivity index (χ0) is 15.1. The molecule has 0 spiro atoms. The SMILES string of the molecule is CCC(CC(C)C(=O)NCCC[N+](C)(C)C)C(N)=O.[Cl-]. The van der Waals surface area contributed by atoms with E-state index in [1.807, 2.05) is 13.8 Å². The highest BCUT2D eigenvalue weighted by Crippen LogP contribution is 2.15. The molecule has 0 bridgehead atoms. The standard InChI is InChI=1S/C14H29N3O2.ClH/c1-6-12(13(15)18)10-11(2)14(19)16-8-7-9-17(3,4)5;/h11-12H,6-10H2,1-5H3,(H2-,15,16,18,19);1H. The van der Waals surface area contributed by atoms with Crippen LogP contribution in [0.1, 0.15) is 33.1 Å². The van der Waals surface area contributed by atoms with Crippen LogP contribution in [0.3, 0.4) is 0 Å². The van der Waals surface area contributed by atoms with Crippen molar-refractivity contribution in [2.24, 2.45) is 17.6 Å². The number of halogens is 1. The second kappa shape index (κ2) is 10.00. The Morgan fingerprint density at radius 1 is 1.25 bits per heavy atom. The highest BCUT2D eigenvalue weighted by molar-refractivity contribution is 5.80. The minimum Gasteiger partial charge on any atom is -1.00 e. The van der Waals surface area contributed by atoms with Gasteiger partial charge >= 0.3 is 0 Å². The first kappa shape index (κ1) is 21.5. The highest BCUT2D eigenvalue weighted by Gasteiger charge is 2.21. The second-order valence-electron chi connectivity index (χ2n) is 6.30. The molecule has 0 saturated carbocycles. The summed E-state index contributed by atoms with van der Waals surface area (Å²) in [6, 6.07) is 0. The molecule has 0 aliphatic heterocycles. The normalized spacial score (nSPS) is 14.1. The second-order valence-corrected chi connectivity index (χ2v) is 6.30. The lowest BCUT2D eigenvalue weighted by molar-refractivity contribution is -0.870. The number of primary amides is 1. The third-order valence-electron chi connectivity index (χ3n) is 3.29. The number of amides is 2. The number of carbonyl (C=O) groups excluding carboxylic acids is 2.